The van der Waals surface area contributed by atoms with Crippen LogP contribution in [0.2, 0.25) is 5.02 Å². The summed E-state index contributed by atoms with van der Waals surface area (Å²) in [7, 11) is 0. The Morgan fingerprint density at radius 1 is 1.00 bits per heavy atom. The van der Waals surface area contributed by atoms with Crippen molar-refractivity contribution in [2.75, 3.05) is 6.61 Å². The summed E-state index contributed by atoms with van der Waals surface area (Å²) in [6.45, 7) is 1.81. The fraction of sp³-hybridized carbons (Fsp3) is 0.0870. The van der Waals surface area contributed by atoms with Gasteiger partial charge in [-0.25, -0.2) is 10.2 Å². The van der Waals surface area contributed by atoms with Crippen LogP contribution in [0.4, 0.5) is 0 Å². The SMILES string of the molecule is Cc1ccc(OCC(=O)NN=Cc2cccc(OC(=O)c3ccccc3Cl)c2)cc1. The maximum Gasteiger partial charge on any atom is 0.345 e. The summed E-state index contributed by atoms with van der Waals surface area (Å²) in [4.78, 5) is 24.1. The molecule has 7 heteroatoms. The van der Waals surface area contributed by atoms with Gasteiger partial charge in [0.1, 0.15) is 11.5 Å². The quantitative estimate of drug-likeness (QED) is 0.265. The number of hydrazone groups is 1. The van der Waals surface area contributed by atoms with Crippen molar-refractivity contribution in [2.45, 2.75) is 6.92 Å². The lowest BCUT2D eigenvalue weighted by Gasteiger charge is -2.06. The van der Waals surface area contributed by atoms with Crippen LogP contribution in [0.5, 0.6) is 11.5 Å². The van der Waals surface area contributed by atoms with E-state index in [2.05, 4.69) is 10.5 Å². The third-order valence-electron chi connectivity index (χ3n) is 3.96. The molecule has 0 heterocycles. The third kappa shape index (κ3) is 6.18. The molecule has 0 aromatic heterocycles. The van der Waals surface area contributed by atoms with Crippen molar-refractivity contribution < 1.29 is 19.1 Å². The van der Waals surface area contributed by atoms with E-state index in [0.29, 0.717) is 22.1 Å². The fourth-order valence-electron chi connectivity index (χ4n) is 2.44. The third-order valence-corrected chi connectivity index (χ3v) is 4.29. The first-order chi connectivity index (χ1) is 14.5. The number of amides is 1. The number of hydrogen-bond donors (Lipinski definition) is 1. The molecule has 0 aliphatic rings. The molecule has 0 saturated heterocycles. The predicted octanol–water partition coefficient (Wildman–Crippen LogP) is 4.40. The van der Waals surface area contributed by atoms with Crippen molar-refractivity contribution in [3.05, 3.63) is 94.5 Å². The standard InChI is InChI=1S/C23H19ClN2O4/c1-16-9-11-18(12-10-16)29-15-22(27)26-25-14-17-5-4-6-19(13-17)30-23(28)20-7-2-3-8-21(20)24/h2-14H,15H2,1H3,(H,26,27). The van der Waals surface area contributed by atoms with E-state index in [9.17, 15) is 9.59 Å². The maximum atomic E-state index is 12.2. The summed E-state index contributed by atoms with van der Waals surface area (Å²) in [5, 5.41) is 4.21. The van der Waals surface area contributed by atoms with Crippen molar-refractivity contribution in [3.8, 4) is 11.5 Å². The van der Waals surface area contributed by atoms with Crippen molar-refractivity contribution in [3.63, 3.8) is 0 Å². The Morgan fingerprint density at radius 3 is 2.53 bits per heavy atom. The molecule has 0 atom stereocenters. The zero-order valence-corrected chi connectivity index (χ0v) is 16.9. The van der Waals surface area contributed by atoms with Crippen LogP contribution in [-0.4, -0.2) is 24.7 Å². The minimum atomic E-state index is -0.559. The van der Waals surface area contributed by atoms with Crippen molar-refractivity contribution in [1.82, 2.24) is 5.43 Å². The second kappa shape index (κ2) is 10.2. The van der Waals surface area contributed by atoms with Gasteiger partial charge in [-0.1, -0.05) is 53.6 Å². The van der Waals surface area contributed by atoms with Gasteiger partial charge in [0.25, 0.3) is 5.91 Å². The Bertz CT molecular complexity index is 1060. The fourth-order valence-corrected chi connectivity index (χ4v) is 2.65. The molecule has 0 spiro atoms. The van der Waals surface area contributed by atoms with E-state index in [1.54, 1.807) is 60.7 Å². The Morgan fingerprint density at radius 2 is 1.77 bits per heavy atom. The molecule has 3 aromatic rings. The zero-order chi connectivity index (χ0) is 21.3. The Kier molecular flexibility index (Phi) is 7.19. The average molecular weight is 423 g/mol. The van der Waals surface area contributed by atoms with Gasteiger partial charge in [0, 0.05) is 0 Å². The number of nitrogens with zero attached hydrogens (tertiary/aromatic N) is 1. The molecule has 0 saturated carbocycles. The molecule has 0 unspecified atom stereocenters. The average Bonchev–Trinajstić information content (AvgIpc) is 2.74. The monoisotopic (exact) mass is 422 g/mol. The van der Waals surface area contributed by atoms with E-state index in [1.807, 2.05) is 19.1 Å². The van der Waals surface area contributed by atoms with E-state index >= 15 is 0 Å². The lowest BCUT2D eigenvalue weighted by atomic mass is 10.2. The van der Waals surface area contributed by atoms with E-state index in [4.69, 9.17) is 21.1 Å². The second-order valence-electron chi connectivity index (χ2n) is 6.34. The van der Waals surface area contributed by atoms with Gasteiger partial charge in [0.15, 0.2) is 6.61 Å². The van der Waals surface area contributed by atoms with Gasteiger partial charge >= 0.3 is 5.97 Å². The van der Waals surface area contributed by atoms with Crippen LogP contribution in [-0.2, 0) is 4.79 Å². The number of nitrogens with one attached hydrogen (secondary N) is 1. The second-order valence-corrected chi connectivity index (χ2v) is 6.74. The lowest BCUT2D eigenvalue weighted by Crippen LogP contribution is -2.24. The number of halogens is 1. The molecule has 0 fully saturated rings. The van der Waals surface area contributed by atoms with E-state index in [1.165, 1.54) is 6.21 Å². The first-order valence-corrected chi connectivity index (χ1v) is 9.47. The normalized spacial score (nSPS) is 10.6. The Labute approximate surface area is 179 Å². The van der Waals surface area contributed by atoms with Crippen molar-refractivity contribution in [2.24, 2.45) is 5.10 Å². The molecule has 3 rings (SSSR count). The van der Waals surface area contributed by atoms with Gasteiger partial charge in [-0.2, -0.15) is 5.10 Å². The molecular weight excluding hydrogens is 404 g/mol. The number of carbonyl (C=O) groups is 2. The van der Waals surface area contributed by atoms with Crippen LogP contribution in [0.25, 0.3) is 0 Å². The first-order valence-electron chi connectivity index (χ1n) is 9.09. The summed E-state index contributed by atoms with van der Waals surface area (Å²) < 4.78 is 10.7. The smallest absolute Gasteiger partial charge is 0.345 e. The summed E-state index contributed by atoms with van der Waals surface area (Å²) in [5.41, 5.74) is 4.41. The van der Waals surface area contributed by atoms with E-state index in [-0.39, 0.29) is 12.2 Å². The highest BCUT2D eigenvalue weighted by Crippen LogP contribution is 2.19. The van der Waals surface area contributed by atoms with Crippen molar-refractivity contribution >= 4 is 29.7 Å². The minimum Gasteiger partial charge on any atom is -0.484 e. The number of aryl methyl sites for hydroxylation is 1. The van der Waals surface area contributed by atoms with Crippen molar-refractivity contribution in [1.29, 1.82) is 0 Å². The predicted molar refractivity (Wildman–Crippen MR) is 115 cm³/mol. The van der Waals surface area contributed by atoms with Gasteiger partial charge in [-0.05, 0) is 48.9 Å². The van der Waals surface area contributed by atoms with E-state index in [0.717, 1.165) is 5.56 Å². The molecule has 0 aliphatic heterocycles. The molecule has 6 nitrogen and oxygen atoms in total. The molecule has 152 valence electrons. The van der Waals surface area contributed by atoms with Crippen LogP contribution >= 0.6 is 11.6 Å². The van der Waals surface area contributed by atoms with Crippen LogP contribution in [0.15, 0.2) is 77.9 Å². The Hall–Kier alpha value is -3.64. The molecule has 30 heavy (non-hydrogen) atoms. The zero-order valence-electron chi connectivity index (χ0n) is 16.2. The Balaban J connectivity index is 1.52. The molecule has 3 aromatic carbocycles. The largest absolute Gasteiger partial charge is 0.484 e. The number of rotatable bonds is 7. The molecule has 1 amide bonds. The van der Waals surface area contributed by atoms with Gasteiger partial charge in [0.2, 0.25) is 0 Å². The number of esters is 1. The highest BCUT2D eigenvalue weighted by atomic mass is 35.5. The van der Waals surface area contributed by atoms with Crippen LogP contribution in [0.1, 0.15) is 21.5 Å². The topological polar surface area (TPSA) is 77.0 Å². The number of hydrogen-bond acceptors (Lipinski definition) is 5. The maximum absolute atomic E-state index is 12.2. The summed E-state index contributed by atoms with van der Waals surface area (Å²) in [5.74, 6) is -0.0185. The highest BCUT2D eigenvalue weighted by molar-refractivity contribution is 6.33. The molecule has 1 N–H and O–H groups in total. The van der Waals surface area contributed by atoms with Gasteiger partial charge < -0.3 is 9.47 Å². The summed E-state index contributed by atoms with van der Waals surface area (Å²) >= 11 is 6.01. The molecule has 0 aliphatic carbocycles. The first kappa shape index (κ1) is 21.1. The lowest BCUT2D eigenvalue weighted by molar-refractivity contribution is -0.123. The van der Waals surface area contributed by atoms with Crippen LogP contribution in [0, 0.1) is 6.92 Å². The van der Waals surface area contributed by atoms with Gasteiger partial charge in [-0.15, -0.1) is 0 Å². The van der Waals surface area contributed by atoms with Crippen LogP contribution < -0.4 is 14.9 Å². The number of ether oxygens (including phenoxy) is 2. The number of benzene rings is 3. The summed E-state index contributed by atoms with van der Waals surface area (Å²) in [6, 6.07) is 20.7. The highest BCUT2D eigenvalue weighted by Gasteiger charge is 2.12. The van der Waals surface area contributed by atoms with Crippen LogP contribution in [0.3, 0.4) is 0 Å². The molecule has 0 bridgehead atoms. The molecule has 0 radical (unpaired) electrons. The van der Waals surface area contributed by atoms with Gasteiger partial charge in [0.05, 0.1) is 16.8 Å². The molecular formula is C23H19ClN2O4. The summed E-state index contributed by atoms with van der Waals surface area (Å²) in [6.07, 6.45) is 1.44. The van der Waals surface area contributed by atoms with Gasteiger partial charge in [-0.3, -0.25) is 4.79 Å². The number of carbonyl (C=O) groups excluding carboxylic acids is 2. The minimum absolute atomic E-state index is 0.157. The van der Waals surface area contributed by atoms with E-state index < -0.39 is 11.9 Å².